The van der Waals surface area contributed by atoms with Gasteiger partial charge in [-0.1, -0.05) is 41.4 Å². The first-order chi connectivity index (χ1) is 11.7. The van der Waals surface area contributed by atoms with Crippen molar-refractivity contribution < 1.29 is 23.4 Å². The quantitative estimate of drug-likeness (QED) is 0.832. The number of aryl methyl sites for hydroxylation is 1. The minimum absolute atomic E-state index is 0.00409. The lowest BCUT2D eigenvalue weighted by Crippen LogP contribution is -2.27. The van der Waals surface area contributed by atoms with E-state index in [9.17, 15) is 23.4 Å². The molecule has 2 aromatic carbocycles. The van der Waals surface area contributed by atoms with Gasteiger partial charge in [0.15, 0.2) is 9.84 Å². The average molecular weight is 381 g/mol. The molecule has 0 unspecified atom stereocenters. The molecule has 25 heavy (non-hydrogen) atoms. The summed E-state index contributed by atoms with van der Waals surface area (Å²) in [6.45, 7) is 1.13. The van der Waals surface area contributed by atoms with Gasteiger partial charge in [-0.25, -0.2) is 8.42 Å². The number of aliphatic carboxylic acids is 1. The van der Waals surface area contributed by atoms with Gasteiger partial charge in [0.2, 0.25) is 0 Å². The number of hydrogen-bond donors (Lipinski definition) is 2. The van der Waals surface area contributed by atoms with Crippen molar-refractivity contribution in [1.82, 2.24) is 0 Å². The molecule has 132 valence electrons. The SMILES string of the molecule is Cc1ccc([C@@H]2[C@@H](S(=O)(=O)c3ccc(Cl)cc3)[C@@]2(CO)C(=O)O)cc1. The van der Waals surface area contributed by atoms with Crippen LogP contribution in [0.3, 0.4) is 0 Å². The zero-order valence-corrected chi connectivity index (χ0v) is 15.0. The lowest BCUT2D eigenvalue weighted by molar-refractivity contribution is -0.145. The average Bonchev–Trinajstić information content (AvgIpc) is 3.27. The summed E-state index contributed by atoms with van der Waals surface area (Å²) < 4.78 is 26.0. The van der Waals surface area contributed by atoms with Gasteiger partial charge in [-0.05, 0) is 36.8 Å². The Bertz CT molecular complexity index is 905. The molecule has 0 saturated heterocycles. The molecular weight excluding hydrogens is 364 g/mol. The summed E-state index contributed by atoms with van der Waals surface area (Å²) in [5.41, 5.74) is -0.177. The van der Waals surface area contributed by atoms with Crippen LogP contribution in [0.4, 0.5) is 0 Å². The van der Waals surface area contributed by atoms with Gasteiger partial charge in [-0.15, -0.1) is 0 Å². The summed E-state index contributed by atoms with van der Waals surface area (Å²) in [6, 6.07) is 12.6. The number of carboxylic acid groups (broad SMARTS) is 1. The zero-order chi connectivity index (χ0) is 18.4. The van der Waals surface area contributed by atoms with Gasteiger partial charge in [-0.3, -0.25) is 4.79 Å². The summed E-state index contributed by atoms with van der Waals surface area (Å²) in [6.07, 6.45) is 0. The van der Waals surface area contributed by atoms with E-state index in [1.807, 2.05) is 6.92 Å². The summed E-state index contributed by atoms with van der Waals surface area (Å²) >= 11 is 5.80. The molecule has 0 heterocycles. The molecule has 3 rings (SSSR count). The minimum atomic E-state index is -3.95. The van der Waals surface area contributed by atoms with Crippen LogP contribution >= 0.6 is 11.6 Å². The Balaban J connectivity index is 2.10. The topological polar surface area (TPSA) is 91.7 Å². The Morgan fingerprint density at radius 2 is 1.68 bits per heavy atom. The molecule has 2 aromatic rings. The second kappa shape index (κ2) is 6.12. The summed E-state index contributed by atoms with van der Waals surface area (Å²) in [7, 11) is -3.95. The van der Waals surface area contributed by atoms with Crippen molar-refractivity contribution in [3.63, 3.8) is 0 Å². The number of carboxylic acids is 1. The highest BCUT2D eigenvalue weighted by atomic mass is 35.5. The lowest BCUT2D eigenvalue weighted by atomic mass is 9.99. The van der Waals surface area contributed by atoms with Crippen LogP contribution < -0.4 is 0 Å². The highest BCUT2D eigenvalue weighted by Gasteiger charge is 2.75. The summed E-state index contributed by atoms with van der Waals surface area (Å²) in [4.78, 5) is 11.9. The van der Waals surface area contributed by atoms with Gasteiger partial charge in [0.05, 0.1) is 16.8 Å². The third-order valence-electron chi connectivity index (χ3n) is 4.83. The van der Waals surface area contributed by atoms with Gasteiger partial charge in [-0.2, -0.15) is 0 Å². The van der Waals surface area contributed by atoms with E-state index in [2.05, 4.69) is 0 Å². The Labute approximate surface area is 150 Å². The molecule has 3 atom stereocenters. The van der Waals surface area contributed by atoms with Crippen molar-refractivity contribution in [3.8, 4) is 0 Å². The van der Waals surface area contributed by atoms with E-state index in [1.165, 1.54) is 24.3 Å². The number of benzene rings is 2. The molecule has 1 aliphatic rings. The molecule has 0 aliphatic heterocycles. The van der Waals surface area contributed by atoms with E-state index < -0.39 is 39.0 Å². The predicted octanol–water partition coefficient (Wildman–Crippen LogP) is 2.65. The number of hydrogen-bond acceptors (Lipinski definition) is 4. The van der Waals surface area contributed by atoms with Crippen LogP contribution in [-0.2, 0) is 14.6 Å². The number of rotatable bonds is 5. The molecule has 1 aliphatic carbocycles. The van der Waals surface area contributed by atoms with Gasteiger partial charge in [0.25, 0.3) is 0 Å². The number of aliphatic hydroxyl groups excluding tert-OH is 1. The monoisotopic (exact) mass is 380 g/mol. The Morgan fingerprint density at radius 3 is 2.16 bits per heavy atom. The van der Waals surface area contributed by atoms with Crippen molar-refractivity contribution in [2.24, 2.45) is 5.41 Å². The van der Waals surface area contributed by atoms with Crippen molar-refractivity contribution >= 4 is 27.4 Å². The molecule has 0 bridgehead atoms. The first-order valence-corrected chi connectivity index (χ1v) is 9.58. The normalized spacial score (nSPS) is 25.6. The smallest absolute Gasteiger partial charge is 0.314 e. The third-order valence-corrected chi connectivity index (χ3v) is 7.37. The Hall–Kier alpha value is -1.89. The molecular formula is C18H17ClO5S. The van der Waals surface area contributed by atoms with Crippen LogP contribution in [-0.4, -0.2) is 36.5 Å². The van der Waals surface area contributed by atoms with Gasteiger partial charge in [0.1, 0.15) is 5.41 Å². The zero-order valence-electron chi connectivity index (χ0n) is 13.4. The van der Waals surface area contributed by atoms with Crippen LogP contribution in [0.25, 0.3) is 0 Å². The predicted molar refractivity (Wildman–Crippen MR) is 93.5 cm³/mol. The molecule has 0 spiro atoms. The highest BCUT2D eigenvalue weighted by molar-refractivity contribution is 7.92. The molecule has 7 heteroatoms. The van der Waals surface area contributed by atoms with Gasteiger partial charge in [0, 0.05) is 10.9 Å². The first kappa shape index (κ1) is 17.9. The largest absolute Gasteiger partial charge is 0.481 e. The van der Waals surface area contributed by atoms with Crippen LogP contribution in [0, 0.1) is 12.3 Å². The number of aliphatic hydroxyl groups is 1. The molecule has 5 nitrogen and oxygen atoms in total. The van der Waals surface area contributed by atoms with E-state index >= 15 is 0 Å². The van der Waals surface area contributed by atoms with Gasteiger partial charge < -0.3 is 10.2 Å². The number of halogens is 1. The Kier molecular flexibility index (Phi) is 4.39. The van der Waals surface area contributed by atoms with Crippen molar-refractivity contribution in [2.75, 3.05) is 6.61 Å². The fraction of sp³-hybridized carbons (Fsp3) is 0.278. The molecule has 0 radical (unpaired) electrons. The van der Waals surface area contributed by atoms with Gasteiger partial charge >= 0.3 is 5.97 Å². The van der Waals surface area contributed by atoms with E-state index in [1.54, 1.807) is 24.3 Å². The van der Waals surface area contributed by atoms with Crippen LogP contribution in [0.15, 0.2) is 53.4 Å². The van der Waals surface area contributed by atoms with E-state index in [0.717, 1.165) is 5.56 Å². The fourth-order valence-corrected chi connectivity index (χ4v) is 5.88. The minimum Gasteiger partial charge on any atom is -0.481 e. The maximum Gasteiger partial charge on any atom is 0.314 e. The second-order valence-corrected chi connectivity index (χ2v) is 8.82. The molecule has 0 amide bonds. The third kappa shape index (κ3) is 2.74. The highest BCUT2D eigenvalue weighted by Crippen LogP contribution is 2.64. The Morgan fingerprint density at radius 1 is 1.12 bits per heavy atom. The van der Waals surface area contributed by atoms with Crippen molar-refractivity contribution in [1.29, 1.82) is 0 Å². The number of carbonyl (C=O) groups is 1. The molecule has 2 N–H and O–H groups in total. The van der Waals surface area contributed by atoms with Crippen molar-refractivity contribution in [2.45, 2.75) is 23.0 Å². The maximum atomic E-state index is 13.0. The van der Waals surface area contributed by atoms with Crippen LogP contribution in [0.1, 0.15) is 17.0 Å². The van der Waals surface area contributed by atoms with E-state index in [-0.39, 0.29) is 4.90 Å². The second-order valence-electron chi connectivity index (χ2n) is 6.31. The fourth-order valence-electron chi connectivity index (χ4n) is 3.39. The number of sulfone groups is 1. The lowest BCUT2D eigenvalue weighted by Gasteiger charge is -2.09. The van der Waals surface area contributed by atoms with E-state index in [0.29, 0.717) is 10.6 Å². The van der Waals surface area contributed by atoms with Crippen molar-refractivity contribution in [3.05, 3.63) is 64.7 Å². The molecule has 0 aromatic heterocycles. The summed E-state index contributed by atoms with van der Waals surface area (Å²) in [5.74, 6) is -2.13. The molecule has 1 fully saturated rings. The maximum absolute atomic E-state index is 13.0. The molecule has 1 saturated carbocycles. The van der Waals surface area contributed by atoms with E-state index in [4.69, 9.17) is 11.6 Å². The van der Waals surface area contributed by atoms with Crippen LogP contribution in [0.2, 0.25) is 5.02 Å². The standard InChI is InChI=1S/C18H17ClO5S/c1-11-2-4-12(5-3-11)15-16(18(15,10-20)17(21)22)25(23,24)14-8-6-13(19)7-9-14/h2-9,15-16,20H,10H2,1H3,(H,21,22)/t15-,16-,18+/m1/s1. The summed E-state index contributed by atoms with van der Waals surface area (Å²) in [5, 5.41) is 18.6. The van der Waals surface area contributed by atoms with Crippen LogP contribution in [0.5, 0.6) is 0 Å². The first-order valence-electron chi connectivity index (χ1n) is 7.65.